The van der Waals surface area contributed by atoms with Gasteiger partial charge in [0.25, 0.3) is 0 Å². The third-order valence-corrected chi connectivity index (χ3v) is 5.80. The van der Waals surface area contributed by atoms with Crippen molar-refractivity contribution in [1.82, 2.24) is 0 Å². The fourth-order valence-corrected chi connectivity index (χ4v) is 4.47. The molecule has 0 aliphatic carbocycles. The first-order valence-electron chi connectivity index (χ1n) is 6.06. The SMILES string of the molecule is Nc1cc(NC2CCCS(=O)(=O)C2)cc(S(N)(=O)=O)c1. The maximum absolute atomic E-state index is 11.6. The molecule has 7 nitrogen and oxygen atoms in total. The van der Waals surface area contributed by atoms with Crippen LogP contribution in [-0.4, -0.2) is 34.4 Å². The molecule has 0 spiro atoms. The molecule has 1 aliphatic rings. The van der Waals surface area contributed by atoms with Crippen LogP contribution < -0.4 is 16.2 Å². The lowest BCUT2D eigenvalue weighted by atomic mass is 10.1. The quantitative estimate of drug-likeness (QED) is 0.667. The van der Waals surface area contributed by atoms with Gasteiger partial charge in [0.05, 0.1) is 16.4 Å². The van der Waals surface area contributed by atoms with Gasteiger partial charge in [0.2, 0.25) is 10.0 Å². The molecule has 5 N–H and O–H groups in total. The Morgan fingerprint density at radius 3 is 2.55 bits per heavy atom. The summed E-state index contributed by atoms with van der Waals surface area (Å²) in [5, 5.41) is 8.07. The van der Waals surface area contributed by atoms with Crippen LogP contribution in [0, 0.1) is 0 Å². The largest absolute Gasteiger partial charge is 0.399 e. The van der Waals surface area contributed by atoms with Gasteiger partial charge < -0.3 is 11.1 Å². The molecular weight excluding hydrogens is 302 g/mol. The summed E-state index contributed by atoms with van der Waals surface area (Å²) in [6.07, 6.45) is 1.29. The van der Waals surface area contributed by atoms with Gasteiger partial charge in [-0.05, 0) is 31.0 Å². The summed E-state index contributed by atoms with van der Waals surface area (Å²) in [5.74, 6) is 0.233. The van der Waals surface area contributed by atoms with E-state index in [4.69, 9.17) is 10.9 Å². The van der Waals surface area contributed by atoms with Crippen molar-refractivity contribution >= 4 is 31.2 Å². The molecule has 0 amide bonds. The van der Waals surface area contributed by atoms with Crippen LogP contribution in [0.3, 0.4) is 0 Å². The number of rotatable bonds is 3. The van der Waals surface area contributed by atoms with E-state index < -0.39 is 19.9 Å². The van der Waals surface area contributed by atoms with Gasteiger partial charge >= 0.3 is 0 Å². The van der Waals surface area contributed by atoms with E-state index in [2.05, 4.69) is 5.32 Å². The summed E-state index contributed by atoms with van der Waals surface area (Å²) >= 11 is 0. The van der Waals surface area contributed by atoms with Crippen molar-refractivity contribution in [3.05, 3.63) is 18.2 Å². The zero-order valence-electron chi connectivity index (χ0n) is 10.7. The van der Waals surface area contributed by atoms with Crippen molar-refractivity contribution in [2.75, 3.05) is 22.6 Å². The minimum Gasteiger partial charge on any atom is -0.399 e. The maximum Gasteiger partial charge on any atom is 0.238 e. The van der Waals surface area contributed by atoms with Gasteiger partial charge in [-0.25, -0.2) is 22.0 Å². The molecule has 1 atom stereocenters. The molecule has 0 aromatic heterocycles. The van der Waals surface area contributed by atoms with Crippen molar-refractivity contribution in [2.45, 2.75) is 23.8 Å². The van der Waals surface area contributed by atoms with Crippen LogP contribution in [-0.2, 0) is 19.9 Å². The van der Waals surface area contributed by atoms with E-state index in [-0.39, 0.29) is 28.1 Å². The molecule has 1 aliphatic heterocycles. The minimum atomic E-state index is -3.85. The zero-order valence-corrected chi connectivity index (χ0v) is 12.4. The molecule has 1 aromatic carbocycles. The number of benzene rings is 1. The summed E-state index contributed by atoms with van der Waals surface area (Å²) in [6.45, 7) is 0. The molecule has 2 rings (SSSR count). The molecule has 0 radical (unpaired) electrons. The van der Waals surface area contributed by atoms with E-state index in [0.717, 1.165) is 0 Å². The molecular formula is C11H17N3O4S2. The second-order valence-electron chi connectivity index (χ2n) is 4.93. The van der Waals surface area contributed by atoms with Crippen LogP contribution in [0.2, 0.25) is 0 Å². The summed E-state index contributed by atoms with van der Waals surface area (Å²) in [5.41, 5.74) is 6.34. The topological polar surface area (TPSA) is 132 Å². The Hall–Kier alpha value is -1.32. The minimum absolute atomic E-state index is 0.0342. The van der Waals surface area contributed by atoms with Gasteiger partial charge in [-0.1, -0.05) is 0 Å². The average Bonchev–Trinajstić information content (AvgIpc) is 2.25. The monoisotopic (exact) mass is 319 g/mol. The Labute approximate surface area is 118 Å². The number of anilines is 2. The van der Waals surface area contributed by atoms with E-state index in [9.17, 15) is 16.8 Å². The lowest BCUT2D eigenvalue weighted by Gasteiger charge is -2.24. The number of hydrogen-bond acceptors (Lipinski definition) is 6. The highest BCUT2D eigenvalue weighted by molar-refractivity contribution is 7.91. The predicted molar refractivity (Wildman–Crippen MR) is 77.5 cm³/mol. The van der Waals surface area contributed by atoms with E-state index in [1.54, 1.807) is 6.07 Å². The first kappa shape index (κ1) is 15.1. The number of sulfonamides is 1. The highest BCUT2D eigenvalue weighted by Gasteiger charge is 2.24. The molecule has 20 heavy (non-hydrogen) atoms. The lowest BCUT2D eigenvalue weighted by molar-refractivity contribution is 0.562. The third kappa shape index (κ3) is 3.84. The van der Waals surface area contributed by atoms with E-state index in [0.29, 0.717) is 18.5 Å². The first-order valence-corrected chi connectivity index (χ1v) is 9.43. The molecule has 112 valence electrons. The number of nitrogens with two attached hydrogens (primary N) is 2. The molecule has 0 saturated carbocycles. The van der Waals surface area contributed by atoms with Crippen molar-refractivity contribution in [1.29, 1.82) is 0 Å². The highest BCUT2D eigenvalue weighted by atomic mass is 32.2. The highest BCUT2D eigenvalue weighted by Crippen LogP contribution is 2.23. The summed E-state index contributed by atoms with van der Waals surface area (Å²) in [7, 11) is -6.89. The predicted octanol–water partition coefficient (Wildman–Crippen LogP) is -0.0947. The number of primary sulfonamides is 1. The smallest absolute Gasteiger partial charge is 0.238 e. The Morgan fingerprint density at radius 2 is 1.95 bits per heavy atom. The molecule has 1 unspecified atom stereocenters. The fourth-order valence-electron chi connectivity index (χ4n) is 2.24. The van der Waals surface area contributed by atoms with E-state index >= 15 is 0 Å². The van der Waals surface area contributed by atoms with Gasteiger partial charge in [0, 0.05) is 17.4 Å². The standard InChI is InChI=1S/C11H17N3O4S2/c12-8-4-10(6-11(5-8)20(13,17)18)14-9-2-1-3-19(15,16)7-9/h4-6,9,14H,1-3,7,12H2,(H2,13,17,18). The second-order valence-corrected chi connectivity index (χ2v) is 8.72. The Balaban J connectivity index is 2.24. The lowest BCUT2D eigenvalue weighted by Crippen LogP contribution is -2.34. The second kappa shape index (κ2) is 5.23. The summed E-state index contributed by atoms with van der Waals surface area (Å²) in [6, 6.07) is 3.92. The maximum atomic E-state index is 11.6. The van der Waals surface area contributed by atoms with Gasteiger partial charge in [-0.15, -0.1) is 0 Å². The zero-order chi connectivity index (χ0) is 15.0. The van der Waals surface area contributed by atoms with Crippen LogP contribution in [0.25, 0.3) is 0 Å². The van der Waals surface area contributed by atoms with Crippen LogP contribution in [0.15, 0.2) is 23.1 Å². The Kier molecular flexibility index (Phi) is 3.94. The normalized spacial score (nSPS) is 22.4. The third-order valence-electron chi connectivity index (χ3n) is 3.09. The number of nitrogen functional groups attached to an aromatic ring is 1. The molecule has 1 saturated heterocycles. The van der Waals surface area contributed by atoms with Crippen LogP contribution in [0.5, 0.6) is 0 Å². The van der Waals surface area contributed by atoms with Crippen molar-refractivity contribution in [3.8, 4) is 0 Å². The number of hydrogen-bond donors (Lipinski definition) is 3. The molecule has 1 heterocycles. The summed E-state index contributed by atoms with van der Waals surface area (Å²) < 4.78 is 45.8. The fraction of sp³-hybridized carbons (Fsp3) is 0.455. The Bertz CT molecular complexity index is 713. The van der Waals surface area contributed by atoms with Gasteiger partial charge in [-0.3, -0.25) is 0 Å². The van der Waals surface area contributed by atoms with Crippen molar-refractivity contribution < 1.29 is 16.8 Å². The van der Waals surface area contributed by atoms with Gasteiger partial charge in [-0.2, -0.15) is 0 Å². The summed E-state index contributed by atoms with van der Waals surface area (Å²) in [4.78, 5) is -0.0985. The number of nitrogens with one attached hydrogen (secondary N) is 1. The Morgan fingerprint density at radius 1 is 1.25 bits per heavy atom. The molecule has 9 heteroatoms. The molecule has 0 bridgehead atoms. The molecule has 1 fully saturated rings. The first-order chi connectivity index (χ1) is 9.16. The van der Waals surface area contributed by atoms with Crippen LogP contribution in [0.4, 0.5) is 11.4 Å². The van der Waals surface area contributed by atoms with Gasteiger partial charge in [0.15, 0.2) is 9.84 Å². The van der Waals surface area contributed by atoms with Crippen LogP contribution in [0.1, 0.15) is 12.8 Å². The van der Waals surface area contributed by atoms with E-state index in [1.165, 1.54) is 12.1 Å². The van der Waals surface area contributed by atoms with Crippen molar-refractivity contribution in [3.63, 3.8) is 0 Å². The van der Waals surface area contributed by atoms with Gasteiger partial charge in [0.1, 0.15) is 0 Å². The molecule has 1 aromatic rings. The van der Waals surface area contributed by atoms with E-state index in [1.807, 2.05) is 0 Å². The average molecular weight is 319 g/mol. The van der Waals surface area contributed by atoms with Crippen molar-refractivity contribution in [2.24, 2.45) is 5.14 Å². The number of sulfone groups is 1. The van der Waals surface area contributed by atoms with Crippen LogP contribution >= 0.6 is 0 Å².